The Balaban J connectivity index is 1.86. The fourth-order valence-corrected chi connectivity index (χ4v) is 2.26. The van der Waals surface area contributed by atoms with Crippen LogP contribution in [0.25, 0.3) is 0 Å². The summed E-state index contributed by atoms with van der Waals surface area (Å²) in [6.45, 7) is 0. The van der Waals surface area contributed by atoms with E-state index in [1.54, 1.807) is 0 Å². The summed E-state index contributed by atoms with van der Waals surface area (Å²) in [5.41, 5.74) is 3.06. The zero-order chi connectivity index (χ0) is 11.2. The third-order valence-electron chi connectivity index (χ3n) is 3.43. The molecule has 1 aliphatic heterocycles. The van der Waals surface area contributed by atoms with Gasteiger partial charge >= 0.3 is 0 Å². The van der Waals surface area contributed by atoms with E-state index in [-0.39, 0.29) is 11.3 Å². The minimum absolute atomic E-state index is 0.0635. The highest BCUT2D eigenvalue weighted by molar-refractivity contribution is 5.99. The second kappa shape index (κ2) is 3.08. The van der Waals surface area contributed by atoms with E-state index in [0.717, 1.165) is 30.5 Å². The first kappa shape index (κ1) is 9.41. The molecule has 1 heterocycles. The number of rotatable bonds is 2. The minimum Gasteiger partial charge on any atom is -0.326 e. The predicted octanol–water partition coefficient (Wildman–Crippen LogP) is 2.03. The molecule has 1 aromatic carbocycles. The van der Waals surface area contributed by atoms with E-state index < -0.39 is 0 Å². The molecule has 0 bridgehead atoms. The molecule has 1 N–H and O–H groups in total. The number of nitriles is 1. The smallest absolute Gasteiger partial charge is 0.228 e. The van der Waals surface area contributed by atoms with Crippen molar-refractivity contribution in [3.8, 4) is 6.07 Å². The lowest BCUT2D eigenvalue weighted by Gasteiger charge is -2.07. The lowest BCUT2D eigenvalue weighted by Crippen LogP contribution is -2.03. The Hall–Kier alpha value is -1.82. The van der Waals surface area contributed by atoms with Crippen LogP contribution in [0.3, 0.4) is 0 Å². The van der Waals surface area contributed by atoms with Gasteiger partial charge < -0.3 is 5.32 Å². The first-order valence-electron chi connectivity index (χ1n) is 5.54. The summed E-state index contributed by atoms with van der Waals surface area (Å²) in [6.07, 6.45) is 3.32. The highest BCUT2D eigenvalue weighted by atomic mass is 16.1. The van der Waals surface area contributed by atoms with Gasteiger partial charge in [0, 0.05) is 5.69 Å². The van der Waals surface area contributed by atoms with Crippen LogP contribution in [0.4, 0.5) is 5.69 Å². The molecule has 1 saturated carbocycles. The summed E-state index contributed by atoms with van der Waals surface area (Å²) in [6, 6.07) is 8.42. The SMILES string of the molecule is N#CC1(Cc2ccc3c(c2)CC(=O)N3)CC1. The summed E-state index contributed by atoms with van der Waals surface area (Å²) in [4.78, 5) is 11.2. The molecule has 0 saturated heterocycles. The summed E-state index contributed by atoms with van der Waals surface area (Å²) in [7, 11) is 0. The van der Waals surface area contributed by atoms with E-state index >= 15 is 0 Å². The van der Waals surface area contributed by atoms with Crippen molar-refractivity contribution in [2.45, 2.75) is 25.7 Å². The van der Waals surface area contributed by atoms with Crippen LogP contribution in [0, 0.1) is 16.7 Å². The molecular weight excluding hydrogens is 200 g/mol. The molecule has 1 aliphatic carbocycles. The van der Waals surface area contributed by atoms with Crippen LogP contribution in [0.2, 0.25) is 0 Å². The number of carbonyl (C=O) groups excluding carboxylic acids is 1. The lowest BCUT2D eigenvalue weighted by molar-refractivity contribution is -0.115. The van der Waals surface area contributed by atoms with Gasteiger partial charge in [-0.15, -0.1) is 0 Å². The zero-order valence-electron chi connectivity index (χ0n) is 8.92. The van der Waals surface area contributed by atoms with Crippen LogP contribution in [-0.4, -0.2) is 5.91 Å². The summed E-state index contributed by atoms with van der Waals surface area (Å²) in [5.74, 6) is 0.0635. The molecule has 3 nitrogen and oxygen atoms in total. The van der Waals surface area contributed by atoms with Crippen molar-refractivity contribution in [3.05, 3.63) is 29.3 Å². The summed E-state index contributed by atoms with van der Waals surface area (Å²) >= 11 is 0. The standard InChI is InChI=1S/C13H12N2O/c14-8-13(3-4-13)7-9-1-2-11-10(5-9)6-12(16)15-11/h1-2,5H,3-4,6-7H2,(H,15,16). The fraction of sp³-hybridized carbons (Fsp3) is 0.385. The number of carbonyl (C=O) groups is 1. The number of fused-ring (bicyclic) bond motifs is 1. The number of hydrogen-bond acceptors (Lipinski definition) is 2. The van der Waals surface area contributed by atoms with Crippen LogP contribution < -0.4 is 5.32 Å². The quantitative estimate of drug-likeness (QED) is 0.815. The van der Waals surface area contributed by atoms with Gasteiger partial charge in [0.25, 0.3) is 0 Å². The van der Waals surface area contributed by atoms with Crippen LogP contribution in [0.5, 0.6) is 0 Å². The molecule has 1 aromatic rings. The molecule has 0 unspecified atom stereocenters. The highest BCUT2D eigenvalue weighted by Gasteiger charge is 2.43. The Morgan fingerprint density at radius 2 is 2.25 bits per heavy atom. The van der Waals surface area contributed by atoms with E-state index in [2.05, 4.69) is 17.5 Å². The Morgan fingerprint density at radius 3 is 2.94 bits per heavy atom. The maximum Gasteiger partial charge on any atom is 0.228 e. The molecule has 0 aromatic heterocycles. The van der Waals surface area contributed by atoms with Crippen molar-refractivity contribution in [1.29, 1.82) is 5.26 Å². The molecule has 3 heteroatoms. The van der Waals surface area contributed by atoms with Crippen LogP contribution in [0.15, 0.2) is 18.2 Å². The number of nitrogens with one attached hydrogen (secondary N) is 1. The minimum atomic E-state index is -0.107. The third-order valence-corrected chi connectivity index (χ3v) is 3.43. The average molecular weight is 212 g/mol. The van der Waals surface area contributed by atoms with Gasteiger partial charge in [-0.1, -0.05) is 12.1 Å². The number of amides is 1. The fourth-order valence-electron chi connectivity index (χ4n) is 2.26. The van der Waals surface area contributed by atoms with Gasteiger partial charge in [-0.2, -0.15) is 5.26 Å². The van der Waals surface area contributed by atoms with Gasteiger partial charge in [0.15, 0.2) is 0 Å². The van der Waals surface area contributed by atoms with Gasteiger partial charge in [0.2, 0.25) is 5.91 Å². The van der Waals surface area contributed by atoms with Gasteiger partial charge in [-0.05, 0) is 36.5 Å². The van der Waals surface area contributed by atoms with Gasteiger partial charge in [-0.25, -0.2) is 0 Å². The van der Waals surface area contributed by atoms with Crippen LogP contribution in [0.1, 0.15) is 24.0 Å². The zero-order valence-corrected chi connectivity index (χ0v) is 8.92. The molecule has 1 amide bonds. The Bertz CT molecular complexity index is 509. The summed E-state index contributed by atoms with van der Waals surface area (Å²) in [5, 5.41) is 11.8. The van der Waals surface area contributed by atoms with Crippen LogP contribution in [-0.2, 0) is 17.6 Å². The molecule has 16 heavy (non-hydrogen) atoms. The Labute approximate surface area is 94.1 Å². The van der Waals surface area contributed by atoms with Crippen molar-refractivity contribution >= 4 is 11.6 Å². The molecule has 0 spiro atoms. The van der Waals surface area contributed by atoms with Gasteiger partial charge in [0.1, 0.15) is 0 Å². The summed E-state index contributed by atoms with van der Waals surface area (Å²) < 4.78 is 0. The van der Waals surface area contributed by atoms with E-state index in [0.29, 0.717) is 6.42 Å². The molecule has 80 valence electrons. The van der Waals surface area contributed by atoms with Gasteiger partial charge in [0.05, 0.1) is 17.9 Å². The van der Waals surface area contributed by atoms with Crippen molar-refractivity contribution in [2.75, 3.05) is 5.32 Å². The highest BCUT2D eigenvalue weighted by Crippen LogP contribution is 2.47. The van der Waals surface area contributed by atoms with Gasteiger partial charge in [-0.3, -0.25) is 4.79 Å². The molecule has 3 rings (SSSR count). The van der Waals surface area contributed by atoms with E-state index in [1.165, 1.54) is 5.56 Å². The molecule has 2 aliphatic rings. The maximum absolute atomic E-state index is 11.2. The van der Waals surface area contributed by atoms with Crippen molar-refractivity contribution in [3.63, 3.8) is 0 Å². The maximum atomic E-state index is 11.2. The molecule has 0 radical (unpaired) electrons. The number of benzene rings is 1. The number of anilines is 1. The van der Waals surface area contributed by atoms with Crippen molar-refractivity contribution in [1.82, 2.24) is 0 Å². The molecule has 0 atom stereocenters. The largest absolute Gasteiger partial charge is 0.326 e. The monoisotopic (exact) mass is 212 g/mol. The van der Waals surface area contributed by atoms with Crippen molar-refractivity contribution in [2.24, 2.45) is 5.41 Å². The van der Waals surface area contributed by atoms with E-state index in [9.17, 15) is 4.79 Å². The normalized spacial score (nSPS) is 19.8. The Morgan fingerprint density at radius 1 is 1.44 bits per heavy atom. The van der Waals surface area contributed by atoms with Crippen molar-refractivity contribution < 1.29 is 4.79 Å². The van der Waals surface area contributed by atoms with Crippen LogP contribution >= 0.6 is 0 Å². The third kappa shape index (κ3) is 1.47. The second-order valence-corrected chi connectivity index (χ2v) is 4.79. The lowest BCUT2D eigenvalue weighted by atomic mass is 9.96. The first-order valence-corrected chi connectivity index (χ1v) is 5.54. The molecule has 1 fully saturated rings. The molecular formula is C13H12N2O. The second-order valence-electron chi connectivity index (χ2n) is 4.79. The van der Waals surface area contributed by atoms with E-state index in [1.807, 2.05) is 12.1 Å². The van der Waals surface area contributed by atoms with E-state index in [4.69, 9.17) is 5.26 Å². The number of hydrogen-bond donors (Lipinski definition) is 1. The Kier molecular flexibility index (Phi) is 1.81. The number of nitrogens with zero attached hydrogens (tertiary/aromatic N) is 1. The first-order chi connectivity index (χ1) is 7.71. The topological polar surface area (TPSA) is 52.9 Å². The average Bonchev–Trinajstić information content (AvgIpc) is 2.93. The predicted molar refractivity (Wildman–Crippen MR) is 59.8 cm³/mol.